The Morgan fingerprint density at radius 3 is 2.80 bits per heavy atom. The lowest BCUT2D eigenvalue weighted by Gasteiger charge is -2.15. The van der Waals surface area contributed by atoms with Gasteiger partial charge in [0, 0.05) is 12.1 Å². The molecule has 0 bridgehead atoms. The van der Waals surface area contributed by atoms with Crippen LogP contribution in [0.25, 0.3) is 10.9 Å². The smallest absolute Gasteiger partial charge is 0.262 e. The second kappa shape index (κ2) is 7.10. The molecule has 0 saturated carbocycles. The van der Waals surface area contributed by atoms with Crippen LogP contribution in [-0.4, -0.2) is 26.4 Å². The van der Waals surface area contributed by atoms with E-state index in [-0.39, 0.29) is 23.3 Å². The SMILES string of the molecule is Cc1cc(NC(=O)CSc2nc3ccccc3c(=O)n2C(C)C)no1. The van der Waals surface area contributed by atoms with E-state index in [0.29, 0.717) is 27.6 Å². The van der Waals surface area contributed by atoms with Crippen molar-refractivity contribution in [1.29, 1.82) is 0 Å². The van der Waals surface area contributed by atoms with Gasteiger partial charge in [-0.2, -0.15) is 0 Å². The summed E-state index contributed by atoms with van der Waals surface area (Å²) in [5.74, 6) is 0.864. The third-order valence-electron chi connectivity index (χ3n) is 3.52. The number of para-hydroxylation sites is 1. The van der Waals surface area contributed by atoms with Gasteiger partial charge in [-0.3, -0.25) is 14.2 Å². The second-order valence-corrected chi connectivity index (χ2v) is 6.78. The monoisotopic (exact) mass is 358 g/mol. The summed E-state index contributed by atoms with van der Waals surface area (Å²) < 4.78 is 6.52. The molecule has 0 spiro atoms. The first-order valence-corrected chi connectivity index (χ1v) is 8.81. The lowest BCUT2D eigenvalue weighted by molar-refractivity contribution is -0.113. The Morgan fingerprint density at radius 1 is 1.36 bits per heavy atom. The molecule has 25 heavy (non-hydrogen) atoms. The Kier molecular flexibility index (Phi) is 4.89. The maximum atomic E-state index is 12.7. The van der Waals surface area contributed by atoms with Crippen LogP contribution in [0.15, 0.2) is 44.8 Å². The van der Waals surface area contributed by atoms with Crippen LogP contribution in [0.3, 0.4) is 0 Å². The van der Waals surface area contributed by atoms with Crippen LogP contribution in [0.2, 0.25) is 0 Å². The highest BCUT2D eigenvalue weighted by Crippen LogP contribution is 2.21. The molecule has 7 nitrogen and oxygen atoms in total. The van der Waals surface area contributed by atoms with E-state index in [2.05, 4.69) is 15.5 Å². The molecule has 0 radical (unpaired) electrons. The number of aryl methyl sites for hydroxylation is 1. The van der Waals surface area contributed by atoms with Gasteiger partial charge < -0.3 is 9.84 Å². The van der Waals surface area contributed by atoms with Crippen LogP contribution in [0, 0.1) is 6.92 Å². The predicted octanol–water partition coefficient (Wildman–Crippen LogP) is 3.00. The van der Waals surface area contributed by atoms with E-state index >= 15 is 0 Å². The molecule has 0 aliphatic rings. The standard InChI is InChI=1S/C17H18N4O3S/c1-10(2)21-16(23)12-6-4-5-7-13(12)18-17(21)25-9-15(22)19-14-8-11(3)24-20-14/h4-8,10H,9H2,1-3H3,(H,19,20,22). The first kappa shape index (κ1) is 17.2. The van der Waals surface area contributed by atoms with Crippen LogP contribution in [0.1, 0.15) is 25.6 Å². The van der Waals surface area contributed by atoms with Crippen molar-refractivity contribution >= 4 is 34.4 Å². The number of hydrogen-bond donors (Lipinski definition) is 1. The van der Waals surface area contributed by atoms with Crippen molar-refractivity contribution < 1.29 is 9.32 Å². The molecule has 3 aromatic rings. The predicted molar refractivity (Wildman–Crippen MR) is 97.0 cm³/mol. The molecule has 1 N–H and O–H groups in total. The third-order valence-corrected chi connectivity index (χ3v) is 4.47. The first-order chi connectivity index (χ1) is 12.0. The number of carbonyl (C=O) groups excluding carboxylic acids is 1. The van der Waals surface area contributed by atoms with Crippen molar-refractivity contribution in [1.82, 2.24) is 14.7 Å². The molecule has 0 aliphatic carbocycles. The zero-order valence-electron chi connectivity index (χ0n) is 14.1. The molecule has 2 aromatic heterocycles. The van der Waals surface area contributed by atoms with Crippen LogP contribution in [0.5, 0.6) is 0 Å². The number of nitrogens with zero attached hydrogens (tertiary/aromatic N) is 3. The second-order valence-electron chi connectivity index (χ2n) is 5.84. The van der Waals surface area contributed by atoms with Gasteiger partial charge in [-0.05, 0) is 32.9 Å². The van der Waals surface area contributed by atoms with Crippen LogP contribution in [0.4, 0.5) is 5.82 Å². The highest BCUT2D eigenvalue weighted by atomic mass is 32.2. The fourth-order valence-corrected chi connectivity index (χ4v) is 3.35. The molecular formula is C17H18N4O3S. The van der Waals surface area contributed by atoms with E-state index in [1.54, 1.807) is 29.7 Å². The average molecular weight is 358 g/mol. The fourth-order valence-electron chi connectivity index (χ4n) is 2.42. The Balaban J connectivity index is 1.84. The van der Waals surface area contributed by atoms with E-state index < -0.39 is 0 Å². The van der Waals surface area contributed by atoms with Gasteiger partial charge in [0.15, 0.2) is 11.0 Å². The summed E-state index contributed by atoms with van der Waals surface area (Å²) in [6.07, 6.45) is 0. The molecule has 0 atom stereocenters. The molecule has 130 valence electrons. The average Bonchev–Trinajstić information content (AvgIpc) is 2.97. The maximum absolute atomic E-state index is 12.7. The fraction of sp³-hybridized carbons (Fsp3) is 0.294. The third kappa shape index (κ3) is 3.74. The molecule has 3 rings (SSSR count). The minimum absolute atomic E-state index is 0.0617. The van der Waals surface area contributed by atoms with Crippen molar-refractivity contribution in [2.24, 2.45) is 0 Å². The molecule has 0 unspecified atom stereocenters. The van der Waals surface area contributed by atoms with Crippen LogP contribution >= 0.6 is 11.8 Å². The summed E-state index contributed by atoms with van der Waals surface area (Å²) in [4.78, 5) is 29.4. The van der Waals surface area contributed by atoms with Gasteiger partial charge >= 0.3 is 0 Å². The van der Waals surface area contributed by atoms with Gasteiger partial charge in [-0.25, -0.2) is 4.98 Å². The number of nitrogens with one attached hydrogen (secondary N) is 1. The van der Waals surface area contributed by atoms with Crippen molar-refractivity contribution in [2.45, 2.75) is 32.0 Å². The summed E-state index contributed by atoms with van der Waals surface area (Å²) in [6.45, 7) is 5.58. The molecule has 0 aliphatic heterocycles. The molecule has 1 amide bonds. The van der Waals surface area contributed by atoms with E-state index in [4.69, 9.17) is 4.52 Å². The van der Waals surface area contributed by atoms with Gasteiger partial charge in [0.2, 0.25) is 5.91 Å². The van der Waals surface area contributed by atoms with Crippen LogP contribution in [-0.2, 0) is 4.79 Å². The zero-order valence-corrected chi connectivity index (χ0v) is 15.0. The number of aromatic nitrogens is 3. The number of rotatable bonds is 5. The van der Waals surface area contributed by atoms with Gasteiger partial charge in [0.1, 0.15) is 5.76 Å². The highest BCUT2D eigenvalue weighted by molar-refractivity contribution is 7.99. The Hall–Kier alpha value is -2.61. The van der Waals surface area contributed by atoms with Gasteiger partial charge in [0.25, 0.3) is 5.56 Å². The molecule has 2 heterocycles. The number of benzene rings is 1. The summed E-state index contributed by atoms with van der Waals surface area (Å²) >= 11 is 1.22. The van der Waals surface area contributed by atoms with E-state index in [0.717, 1.165) is 0 Å². The first-order valence-electron chi connectivity index (χ1n) is 7.83. The number of hydrogen-bond acceptors (Lipinski definition) is 6. The van der Waals surface area contributed by atoms with Crippen molar-refractivity contribution in [2.75, 3.05) is 11.1 Å². The molecule has 1 aromatic carbocycles. The molecule has 0 saturated heterocycles. The zero-order chi connectivity index (χ0) is 18.0. The summed E-state index contributed by atoms with van der Waals surface area (Å²) in [6, 6.07) is 8.79. The highest BCUT2D eigenvalue weighted by Gasteiger charge is 2.15. The lowest BCUT2D eigenvalue weighted by Crippen LogP contribution is -2.25. The van der Waals surface area contributed by atoms with Crippen molar-refractivity contribution in [3.63, 3.8) is 0 Å². The Morgan fingerprint density at radius 2 is 2.12 bits per heavy atom. The normalized spacial score (nSPS) is 11.2. The van der Waals surface area contributed by atoms with Gasteiger partial charge in [-0.1, -0.05) is 29.1 Å². The Labute approximate surface area is 148 Å². The maximum Gasteiger partial charge on any atom is 0.262 e. The minimum atomic E-state index is -0.240. The lowest BCUT2D eigenvalue weighted by atomic mass is 10.2. The topological polar surface area (TPSA) is 90.0 Å². The number of anilines is 1. The number of fused-ring (bicyclic) bond motifs is 1. The number of carbonyl (C=O) groups is 1. The van der Waals surface area contributed by atoms with Crippen molar-refractivity contribution in [3.05, 3.63) is 46.4 Å². The summed E-state index contributed by atoms with van der Waals surface area (Å²) in [5, 5.41) is 7.47. The largest absolute Gasteiger partial charge is 0.360 e. The van der Waals surface area contributed by atoms with E-state index in [9.17, 15) is 9.59 Å². The van der Waals surface area contributed by atoms with E-state index in [1.165, 1.54) is 11.8 Å². The van der Waals surface area contributed by atoms with Crippen LogP contribution < -0.4 is 10.9 Å². The van der Waals surface area contributed by atoms with Crippen molar-refractivity contribution in [3.8, 4) is 0 Å². The summed E-state index contributed by atoms with van der Waals surface area (Å²) in [5.41, 5.74) is 0.523. The molecular weight excluding hydrogens is 340 g/mol. The van der Waals surface area contributed by atoms with Gasteiger partial charge in [-0.15, -0.1) is 0 Å². The van der Waals surface area contributed by atoms with E-state index in [1.807, 2.05) is 26.0 Å². The molecule has 8 heteroatoms. The minimum Gasteiger partial charge on any atom is -0.360 e. The number of thioether (sulfide) groups is 1. The quantitative estimate of drug-likeness (QED) is 0.557. The Bertz CT molecular complexity index is 977. The number of amides is 1. The summed E-state index contributed by atoms with van der Waals surface area (Å²) in [7, 11) is 0. The molecule has 0 fully saturated rings. The van der Waals surface area contributed by atoms with Gasteiger partial charge in [0.05, 0.1) is 16.7 Å².